The molecule has 0 saturated carbocycles. The van der Waals surface area contributed by atoms with Crippen LogP contribution in [0.3, 0.4) is 0 Å². The highest BCUT2D eigenvalue weighted by Crippen LogP contribution is 2.11. The van der Waals surface area contributed by atoms with Gasteiger partial charge >= 0.3 is 11.9 Å². The van der Waals surface area contributed by atoms with Crippen LogP contribution in [0.2, 0.25) is 0 Å². The molecule has 7 nitrogen and oxygen atoms in total. The second-order valence-corrected chi connectivity index (χ2v) is 3.60. The molecule has 0 N–H and O–H groups in total. The van der Waals surface area contributed by atoms with E-state index in [4.69, 9.17) is 18.9 Å². The van der Waals surface area contributed by atoms with Crippen LogP contribution in [-0.4, -0.2) is 50.9 Å². The van der Waals surface area contributed by atoms with Gasteiger partial charge in [-0.15, -0.1) is 0 Å². The van der Waals surface area contributed by atoms with E-state index >= 15 is 0 Å². The molecule has 0 aliphatic carbocycles. The van der Waals surface area contributed by atoms with Crippen LogP contribution in [-0.2, 0) is 33.3 Å². The van der Waals surface area contributed by atoms with Crippen molar-refractivity contribution in [2.75, 3.05) is 26.4 Å². The zero-order valence-corrected chi connectivity index (χ0v) is 9.26. The second-order valence-electron chi connectivity index (χ2n) is 3.60. The summed E-state index contributed by atoms with van der Waals surface area (Å²) >= 11 is 0. The quantitative estimate of drug-likeness (QED) is 0.492. The minimum atomic E-state index is -0.667. The predicted molar refractivity (Wildman–Crippen MR) is 51.7 cm³/mol. The van der Waals surface area contributed by atoms with E-state index in [0.29, 0.717) is 26.4 Å². The van der Waals surface area contributed by atoms with Gasteiger partial charge in [-0.1, -0.05) is 0 Å². The topological polar surface area (TPSA) is 80.3 Å². The van der Waals surface area contributed by atoms with Gasteiger partial charge in [-0.3, -0.25) is 9.59 Å². The van der Waals surface area contributed by atoms with Gasteiger partial charge in [0.25, 0.3) is 0 Å². The molecule has 2 saturated heterocycles. The first-order valence-electron chi connectivity index (χ1n) is 5.44. The molecule has 2 aliphatic heterocycles. The summed E-state index contributed by atoms with van der Waals surface area (Å²) in [5.41, 5.74) is 0. The van der Waals surface area contributed by atoms with Crippen molar-refractivity contribution in [1.29, 1.82) is 0 Å². The number of hydrogen-bond acceptors (Lipinski definition) is 7. The molecule has 0 aromatic rings. The molecule has 17 heavy (non-hydrogen) atoms. The minimum Gasteiger partial charge on any atom is -0.393 e. The molecule has 7 heteroatoms. The van der Waals surface area contributed by atoms with Gasteiger partial charge in [-0.05, 0) is 0 Å². The average molecular weight is 246 g/mol. The maximum absolute atomic E-state index is 11.3. The van der Waals surface area contributed by atoms with Gasteiger partial charge < -0.3 is 23.7 Å². The van der Waals surface area contributed by atoms with Gasteiger partial charge in [0.15, 0.2) is 12.6 Å². The molecule has 2 fully saturated rings. The lowest BCUT2D eigenvalue weighted by Gasteiger charge is -2.09. The maximum Gasteiger partial charge on any atom is 0.318 e. The van der Waals surface area contributed by atoms with Crippen molar-refractivity contribution >= 4 is 11.9 Å². The summed E-state index contributed by atoms with van der Waals surface area (Å²) in [5.74, 6) is -1.33. The van der Waals surface area contributed by atoms with Crippen LogP contribution in [0.25, 0.3) is 0 Å². The third kappa shape index (κ3) is 4.04. The normalized spacial score (nSPS) is 21.9. The van der Waals surface area contributed by atoms with Crippen molar-refractivity contribution in [3.8, 4) is 0 Å². The first-order valence-corrected chi connectivity index (χ1v) is 5.44. The van der Waals surface area contributed by atoms with Gasteiger partial charge in [-0.25, -0.2) is 0 Å². The summed E-state index contributed by atoms with van der Waals surface area (Å²) in [5, 5.41) is 0. The Kier molecular flexibility index (Phi) is 4.43. The molecule has 0 unspecified atom stereocenters. The predicted octanol–water partition coefficient (Wildman–Crippen LogP) is -0.418. The molecule has 0 spiro atoms. The monoisotopic (exact) mass is 246 g/mol. The standard InChI is InChI=1S/C10H14O7/c11-7(5-9-13-1-2-14-9)17-8(12)6-10-15-3-4-16-10/h9-10H,1-6H2. The van der Waals surface area contributed by atoms with Gasteiger partial charge in [0, 0.05) is 0 Å². The zero-order chi connectivity index (χ0) is 12.1. The molecule has 0 aromatic heterocycles. The minimum absolute atomic E-state index is 0.0852. The van der Waals surface area contributed by atoms with E-state index in [2.05, 4.69) is 4.74 Å². The molecule has 0 amide bonds. The van der Waals surface area contributed by atoms with E-state index in [1.807, 2.05) is 0 Å². The molecule has 96 valence electrons. The number of carbonyl (C=O) groups is 2. The Morgan fingerprint density at radius 3 is 1.53 bits per heavy atom. The Morgan fingerprint density at radius 1 is 0.824 bits per heavy atom. The summed E-state index contributed by atoms with van der Waals surface area (Å²) in [6.45, 7) is 1.82. The molecule has 2 heterocycles. The Morgan fingerprint density at radius 2 is 1.18 bits per heavy atom. The average Bonchev–Trinajstić information content (AvgIpc) is 2.90. The Labute approximate surface area is 97.9 Å². The molecule has 2 rings (SSSR count). The van der Waals surface area contributed by atoms with Gasteiger partial charge in [0.2, 0.25) is 0 Å². The van der Waals surface area contributed by atoms with Crippen molar-refractivity contribution in [1.82, 2.24) is 0 Å². The highest BCUT2D eigenvalue weighted by molar-refractivity contribution is 5.85. The number of rotatable bonds is 4. The van der Waals surface area contributed by atoms with Crippen molar-refractivity contribution in [2.45, 2.75) is 25.4 Å². The lowest BCUT2D eigenvalue weighted by atomic mass is 10.4. The number of ether oxygens (including phenoxy) is 5. The van der Waals surface area contributed by atoms with Gasteiger partial charge in [-0.2, -0.15) is 0 Å². The van der Waals surface area contributed by atoms with Crippen LogP contribution in [0.5, 0.6) is 0 Å². The lowest BCUT2D eigenvalue weighted by molar-refractivity contribution is -0.168. The number of carbonyl (C=O) groups excluding carboxylic acids is 2. The molecular weight excluding hydrogens is 232 g/mol. The first kappa shape index (κ1) is 12.4. The molecule has 0 aromatic carbocycles. The van der Waals surface area contributed by atoms with Crippen LogP contribution >= 0.6 is 0 Å². The fourth-order valence-corrected chi connectivity index (χ4v) is 1.53. The van der Waals surface area contributed by atoms with Crippen LogP contribution < -0.4 is 0 Å². The summed E-state index contributed by atoms with van der Waals surface area (Å²) in [6, 6.07) is 0. The summed E-state index contributed by atoms with van der Waals surface area (Å²) in [4.78, 5) is 22.6. The van der Waals surface area contributed by atoms with E-state index in [1.54, 1.807) is 0 Å². The maximum atomic E-state index is 11.3. The van der Waals surface area contributed by atoms with Crippen molar-refractivity contribution in [3.63, 3.8) is 0 Å². The summed E-state index contributed by atoms with van der Waals surface area (Å²) in [7, 11) is 0. The van der Waals surface area contributed by atoms with E-state index in [0.717, 1.165) is 0 Å². The highest BCUT2D eigenvalue weighted by atomic mass is 16.7. The fraction of sp³-hybridized carbons (Fsp3) is 0.800. The van der Waals surface area contributed by atoms with Crippen LogP contribution in [0.1, 0.15) is 12.8 Å². The van der Waals surface area contributed by atoms with Crippen LogP contribution in [0.15, 0.2) is 0 Å². The van der Waals surface area contributed by atoms with Crippen molar-refractivity contribution < 1.29 is 33.3 Å². The molecule has 0 atom stereocenters. The Bertz CT molecular complexity index is 250. The molecule has 2 aliphatic rings. The SMILES string of the molecule is O=C(CC1OCCO1)OC(=O)CC1OCCO1. The van der Waals surface area contributed by atoms with Crippen molar-refractivity contribution in [3.05, 3.63) is 0 Å². The van der Waals surface area contributed by atoms with E-state index in [9.17, 15) is 9.59 Å². The summed E-state index contributed by atoms with van der Waals surface area (Å²) in [6.07, 6.45) is -1.38. The Hall–Kier alpha value is -1.02. The second kappa shape index (κ2) is 6.06. The van der Waals surface area contributed by atoms with Gasteiger partial charge in [0.1, 0.15) is 0 Å². The molecule has 0 radical (unpaired) electrons. The van der Waals surface area contributed by atoms with Gasteiger partial charge in [0.05, 0.1) is 39.3 Å². The van der Waals surface area contributed by atoms with Crippen molar-refractivity contribution in [2.24, 2.45) is 0 Å². The van der Waals surface area contributed by atoms with E-state index in [1.165, 1.54) is 0 Å². The van der Waals surface area contributed by atoms with E-state index in [-0.39, 0.29) is 12.8 Å². The zero-order valence-electron chi connectivity index (χ0n) is 9.26. The van der Waals surface area contributed by atoms with Crippen LogP contribution in [0, 0.1) is 0 Å². The largest absolute Gasteiger partial charge is 0.393 e. The smallest absolute Gasteiger partial charge is 0.318 e. The fourth-order valence-electron chi connectivity index (χ4n) is 1.53. The molecular formula is C10H14O7. The lowest BCUT2D eigenvalue weighted by Crippen LogP contribution is -2.22. The third-order valence-corrected chi connectivity index (χ3v) is 2.28. The molecule has 0 bridgehead atoms. The third-order valence-electron chi connectivity index (χ3n) is 2.28. The highest BCUT2D eigenvalue weighted by Gasteiger charge is 2.25. The van der Waals surface area contributed by atoms with Crippen LogP contribution in [0.4, 0.5) is 0 Å². The summed E-state index contributed by atoms with van der Waals surface area (Å²) < 4.78 is 24.8. The number of hydrogen-bond donors (Lipinski definition) is 0. The van der Waals surface area contributed by atoms with E-state index < -0.39 is 24.5 Å². The Balaban J connectivity index is 1.64. The number of esters is 2. The first-order chi connectivity index (χ1) is 8.24.